The van der Waals surface area contributed by atoms with Gasteiger partial charge in [0, 0.05) is 0 Å². The Morgan fingerprint density at radius 1 is 1.14 bits per heavy atom. The Balaban J connectivity index is 4.73. The summed E-state index contributed by atoms with van der Waals surface area (Å²) < 4.78 is 22.9. The summed E-state index contributed by atoms with van der Waals surface area (Å²) >= 11 is 0. The van der Waals surface area contributed by atoms with Gasteiger partial charge in [-0.25, -0.2) is 0 Å². The Hall–Kier alpha value is 0.150. The molecule has 0 aliphatic heterocycles. The zero-order valence-corrected chi connectivity index (χ0v) is 11.1. The first-order chi connectivity index (χ1) is 6.28. The molecule has 0 saturated heterocycles. The fourth-order valence-corrected chi connectivity index (χ4v) is 3.29. The van der Waals surface area contributed by atoms with E-state index in [4.69, 9.17) is 9.05 Å². The van der Waals surface area contributed by atoms with Crippen molar-refractivity contribution in [2.24, 2.45) is 5.41 Å². The lowest BCUT2D eigenvalue weighted by Gasteiger charge is -2.32. The molecule has 0 rings (SSSR count). The summed E-state index contributed by atoms with van der Waals surface area (Å²) in [4.78, 5) is 0. The van der Waals surface area contributed by atoms with E-state index in [2.05, 4.69) is 0 Å². The summed E-state index contributed by atoms with van der Waals surface area (Å²) in [5.41, 5.74) is -0.158. The van der Waals surface area contributed by atoms with Crippen molar-refractivity contribution >= 4 is 7.60 Å². The topological polar surface area (TPSA) is 35.5 Å². The second-order valence-corrected chi connectivity index (χ2v) is 6.79. The van der Waals surface area contributed by atoms with Crippen LogP contribution in [-0.2, 0) is 13.6 Å². The maximum atomic E-state index is 12.3. The lowest BCUT2D eigenvalue weighted by Crippen LogP contribution is -2.25. The molecule has 0 aliphatic rings. The molecule has 3 nitrogen and oxygen atoms in total. The number of hydrogen-bond acceptors (Lipinski definition) is 3. The van der Waals surface area contributed by atoms with Gasteiger partial charge in [0.1, 0.15) is 0 Å². The average Bonchev–Trinajstić information content (AvgIpc) is 2.02. The molecule has 14 heavy (non-hydrogen) atoms. The molecule has 86 valence electrons. The van der Waals surface area contributed by atoms with Crippen molar-refractivity contribution in [3.05, 3.63) is 0 Å². The fourth-order valence-electron chi connectivity index (χ4n) is 1.10. The minimum atomic E-state index is -2.93. The molecular formula is C10H23O3P. The van der Waals surface area contributed by atoms with Crippen molar-refractivity contribution in [3.63, 3.8) is 0 Å². The smallest absolute Gasteiger partial charge is 0.309 e. The van der Waals surface area contributed by atoms with Crippen LogP contribution in [0, 0.1) is 5.41 Å². The molecule has 0 heterocycles. The predicted octanol–water partition coefficient (Wildman–Crippen LogP) is 3.69. The molecule has 0 aromatic heterocycles. The molecule has 0 aromatic carbocycles. The van der Waals surface area contributed by atoms with E-state index in [9.17, 15) is 4.57 Å². The standard InChI is InChI=1S/C10H23O3P/c1-7-12-14(11,13-8-2)9(3)10(4,5)6/h9H,7-8H2,1-6H3. The summed E-state index contributed by atoms with van der Waals surface area (Å²) in [7, 11) is -2.93. The van der Waals surface area contributed by atoms with Crippen LogP contribution in [-0.4, -0.2) is 18.9 Å². The van der Waals surface area contributed by atoms with Crippen LogP contribution >= 0.6 is 7.60 Å². The lowest BCUT2D eigenvalue weighted by molar-refractivity contribution is 0.195. The molecule has 1 unspecified atom stereocenters. The van der Waals surface area contributed by atoms with E-state index in [0.29, 0.717) is 13.2 Å². The van der Waals surface area contributed by atoms with Gasteiger partial charge in [0.05, 0.1) is 18.9 Å². The van der Waals surface area contributed by atoms with Crippen molar-refractivity contribution in [1.82, 2.24) is 0 Å². The summed E-state index contributed by atoms with van der Waals surface area (Å²) in [5.74, 6) is 0. The van der Waals surface area contributed by atoms with Gasteiger partial charge in [-0.3, -0.25) is 4.57 Å². The van der Waals surface area contributed by atoms with E-state index < -0.39 is 7.60 Å². The maximum absolute atomic E-state index is 12.3. The van der Waals surface area contributed by atoms with Crippen LogP contribution in [0.2, 0.25) is 0 Å². The number of rotatable bonds is 5. The largest absolute Gasteiger partial charge is 0.333 e. The Kier molecular flexibility index (Phi) is 5.35. The van der Waals surface area contributed by atoms with Crippen LogP contribution in [0.1, 0.15) is 41.5 Å². The second kappa shape index (κ2) is 5.29. The number of hydrogen-bond donors (Lipinski definition) is 0. The highest BCUT2D eigenvalue weighted by Gasteiger charge is 2.39. The molecule has 0 spiro atoms. The molecule has 0 N–H and O–H groups in total. The summed E-state index contributed by atoms with van der Waals surface area (Å²) in [5, 5.41) is 0. The monoisotopic (exact) mass is 222 g/mol. The van der Waals surface area contributed by atoms with Crippen LogP contribution in [0.4, 0.5) is 0 Å². The third kappa shape index (κ3) is 3.72. The van der Waals surface area contributed by atoms with Crippen molar-refractivity contribution in [3.8, 4) is 0 Å². The lowest BCUT2D eigenvalue weighted by atomic mass is 9.93. The highest BCUT2D eigenvalue weighted by atomic mass is 31.2. The Bertz CT molecular complexity index is 198. The Morgan fingerprint density at radius 2 is 1.50 bits per heavy atom. The summed E-state index contributed by atoms with van der Waals surface area (Å²) in [6.07, 6.45) is 0. The molecule has 4 heteroatoms. The fraction of sp³-hybridized carbons (Fsp3) is 1.00. The van der Waals surface area contributed by atoms with Crippen LogP contribution < -0.4 is 0 Å². The molecule has 0 amide bonds. The van der Waals surface area contributed by atoms with Crippen molar-refractivity contribution in [1.29, 1.82) is 0 Å². The zero-order valence-electron chi connectivity index (χ0n) is 10.2. The van der Waals surface area contributed by atoms with Gasteiger partial charge in [-0.15, -0.1) is 0 Å². The van der Waals surface area contributed by atoms with Gasteiger partial charge in [-0.1, -0.05) is 27.7 Å². The maximum Gasteiger partial charge on any atom is 0.333 e. The molecule has 0 radical (unpaired) electrons. The molecule has 1 atom stereocenters. The minimum Gasteiger partial charge on any atom is -0.309 e. The second-order valence-electron chi connectivity index (χ2n) is 4.42. The van der Waals surface area contributed by atoms with Crippen LogP contribution in [0.3, 0.4) is 0 Å². The zero-order chi connectivity index (χ0) is 11.4. The van der Waals surface area contributed by atoms with Crippen molar-refractivity contribution < 1.29 is 13.6 Å². The molecule has 0 aromatic rings. The third-order valence-corrected chi connectivity index (χ3v) is 5.31. The molecule has 0 fully saturated rings. The van der Waals surface area contributed by atoms with E-state index in [0.717, 1.165) is 0 Å². The minimum absolute atomic E-state index is 0.0696. The predicted molar refractivity (Wildman–Crippen MR) is 59.8 cm³/mol. The third-order valence-electron chi connectivity index (χ3n) is 2.35. The van der Waals surface area contributed by atoms with Gasteiger partial charge in [0.2, 0.25) is 0 Å². The van der Waals surface area contributed by atoms with E-state index in [1.165, 1.54) is 0 Å². The van der Waals surface area contributed by atoms with Gasteiger partial charge in [-0.2, -0.15) is 0 Å². The first-order valence-corrected chi connectivity index (χ1v) is 6.78. The first kappa shape index (κ1) is 14.2. The Labute approximate surface area is 87.7 Å². The van der Waals surface area contributed by atoms with Crippen LogP contribution in [0.15, 0.2) is 0 Å². The molecule has 0 bridgehead atoms. The summed E-state index contributed by atoms with van der Waals surface area (Å²) in [6.45, 7) is 12.6. The van der Waals surface area contributed by atoms with Gasteiger partial charge in [0.15, 0.2) is 0 Å². The molecular weight excluding hydrogens is 199 g/mol. The van der Waals surface area contributed by atoms with Gasteiger partial charge in [-0.05, 0) is 19.3 Å². The van der Waals surface area contributed by atoms with E-state index in [-0.39, 0.29) is 11.1 Å². The quantitative estimate of drug-likeness (QED) is 0.665. The van der Waals surface area contributed by atoms with Crippen molar-refractivity contribution in [2.45, 2.75) is 47.2 Å². The van der Waals surface area contributed by atoms with E-state index >= 15 is 0 Å². The molecule has 0 saturated carbocycles. The summed E-state index contributed by atoms with van der Waals surface area (Å²) in [6, 6.07) is 0. The highest BCUT2D eigenvalue weighted by Crippen LogP contribution is 2.58. The first-order valence-electron chi connectivity index (χ1n) is 5.16. The van der Waals surface area contributed by atoms with Crippen LogP contribution in [0.5, 0.6) is 0 Å². The van der Waals surface area contributed by atoms with Gasteiger partial charge >= 0.3 is 7.60 Å². The average molecular weight is 222 g/mol. The van der Waals surface area contributed by atoms with E-state index in [1.807, 2.05) is 41.5 Å². The van der Waals surface area contributed by atoms with Crippen LogP contribution in [0.25, 0.3) is 0 Å². The van der Waals surface area contributed by atoms with Gasteiger partial charge < -0.3 is 9.05 Å². The Morgan fingerprint density at radius 3 is 1.71 bits per heavy atom. The molecule has 0 aliphatic carbocycles. The SMILES string of the molecule is CCOP(=O)(OCC)C(C)C(C)(C)C. The normalized spacial score (nSPS) is 15.6. The highest BCUT2D eigenvalue weighted by molar-refractivity contribution is 7.54. The van der Waals surface area contributed by atoms with E-state index in [1.54, 1.807) is 0 Å². The van der Waals surface area contributed by atoms with Gasteiger partial charge in [0.25, 0.3) is 0 Å². The van der Waals surface area contributed by atoms with Crippen molar-refractivity contribution in [2.75, 3.05) is 13.2 Å².